The lowest BCUT2D eigenvalue weighted by molar-refractivity contribution is 0.299. The van der Waals surface area contributed by atoms with Gasteiger partial charge in [0.05, 0.1) is 10.2 Å². The third-order valence-corrected chi connectivity index (χ3v) is 3.71. The van der Waals surface area contributed by atoms with E-state index in [1.165, 1.54) is 0 Å². The van der Waals surface area contributed by atoms with Crippen LogP contribution < -0.4 is 4.74 Å². The van der Waals surface area contributed by atoms with Crippen LogP contribution in [0.3, 0.4) is 0 Å². The van der Waals surface area contributed by atoms with Crippen molar-refractivity contribution in [1.29, 1.82) is 0 Å². The molecule has 5 heteroatoms. The van der Waals surface area contributed by atoms with Crippen molar-refractivity contribution in [2.24, 2.45) is 0 Å². The van der Waals surface area contributed by atoms with Crippen LogP contribution in [0.5, 0.6) is 5.75 Å². The molecule has 0 radical (unpaired) electrons. The van der Waals surface area contributed by atoms with Crippen molar-refractivity contribution >= 4 is 43.5 Å². The average molecular weight is 391 g/mol. The Morgan fingerprint density at radius 1 is 1.17 bits per heavy atom. The van der Waals surface area contributed by atoms with E-state index >= 15 is 0 Å². The summed E-state index contributed by atoms with van der Waals surface area (Å²) in [4.78, 5) is 4.25. The van der Waals surface area contributed by atoms with Crippen molar-refractivity contribution in [3.8, 4) is 5.75 Å². The Kier molecular flexibility index (Phi) is 5.03. The number of alkyl halides is 1. The maximum absolute atomic E-state index is 5.76. The minimum atomic E-state index is 0.437. The van der Waals surface area contributed by atoms with Gasteiger partial charge in [0, 0.05) is 16.5 Å². The Hall–Kier alpha value is -0.580. The molecule has 0 saturated carbocycles. The van der Waals surface area contributed by atoms with E-state index in [9.17, 15) is 0 Å². The van der Waals surface area contributed by atoms with Crippen LogP contribution in [0.1, 0.15) is 11.3 Å². The van der Waals surface area contributed by atoms with Gasteiger partial charge in [0.25, 0.3) is 0 Å². The fourth-order valence-corrected chi connectivity index (χ4v) is 2.33. The summed E-state index contributed by atoms with van der Waals surface area (Å²) in [6.07, 6.45) is 1.75. The van der Waals surface area contributed by atoms with Crippen molar-refractivity contribution in [3.63, 3.8) is 0 Å². The van der Waals surface area contributed by atoms with E-state index in [1.54, 1.807) is 6.20 Å². The van der Waals surface area contributed by atoms with Gasteiger partial charge in [-0.25, -0.2) is 0 Å². The molecule has 0 aliphatic rings. The number of rotatable bonds is 4. The number of ether oxygens (including phenoxy) is 1. The van der Waals surface area contributed by atoms with E-state index in [0.717, 1.165) is 26.0 Å². The molecule has 1 heterocycles. The third kappa shape index (κ3) is 3.70. The molecule has 2 aromatic rings. The van der Waals surface area contributed by atoms with Crippen molar-refractivity contribution in [2.75, 3.05) is 0 Å². The molecule has 2 nitrogen and oxygen atoms in total. The quantitative estimate of drug-likeness (QED) is 0.690. The molecule has 1 aromatic carbocycles. The largest absolute Gasteiger partial charge is 0.486 e. The van der Waals surface area contributed by atoms with E-state index in [0.29, 0.717) is 12.5 Å². The molecule has 0 spiro atoms. The first-order valence-corrected chi connectivity index (χ1v) is 7.38. The highest BCUT2D eigenvalue weighted by Crippen LogP contribution is 2.27. The van der Waals surface area contributed by atoms with Gasteiger partial charge in [0.1, 0.15) is 12.4 Å². The molecule has 0 N–H and O–H groups in total. The molecule has 18 heavy (non-hydrogen) atoms. The number of hydrogen-bond donors (Lipinski definition) is 0. The molecule has 0 bridgehead atoms. The average Bonchev–Trinajstić information content (AvgIpc) is 2.39. The lowest BCUT2D eigenvalue weighted by Crippen LogP contribution is -1.98. The van der Waals surface area contributed by atoms with Crippen molar-refractivity contribution < 1.29 is 4.74 Å². The van der Waals surface area contributed by atoms with Crippen molar-refractivity contribution in [3.05, 3.63) is 56.7 Å². The van der Waals surface area contributed by atoms with Crippen molar-refractivity contribution in [2.45, 2.75) is 12.5 Å². The van der Waals surface area contributed by atoms with Crippen LogP contribution in [0.15, 0.2) is 45.5 Å². The Morgan fingerprint density at radius 3 is 2.61 bits per heavy atom. The highest BCUT2D eigenvalue weighted by atomic mass is 79.9. The fourth-order valence-electron chi connectivity index (χ4n) is 1.39. The molecular formula is C13H10Br2ClNO. The Morgan fingerprint density at radius 2 is 2.00 bits per heavy atom. The highest BCUT2D eigenvalue weighted by Gasteiger charge is 2.03. The summed E-state index contributed by atoms with van der Waals surface area (Å²) in [5.74, 6) is 1.28. The summed E-state index contributed by atoms with van der Waals surface area (Å²) in [7, 11) is 0. The zero-order valence-electron chi connectivity index (χ0n) is 9.37. The number of hydrogen-bond acceptors (Lipinski definition) is 2. The van der Waals surface area contributed by atoms with Gasteiger partial charge in [0.2, 0.25) is 0 Å². The predicted molar refractivity (Wildman–Crippen MR) is 80.0 cm³/mol. The summed E-state index contributed by atoms with van der Waals surface area (Å²) in [5.41, 5.74) is 1.93. The summed E-state index contributed by atoms with van der Waals surface area (Å²) in [5, 5.41) is 0. The van der Waals surface area contributed by atoms with E-state index in [1.807, 2.05) is 30.3 Å². The van der Waals surface area contributed by atoms with Crippen LogP contribution in [-0.4, -0.2) is 4.98 Å². The van der Waals surface area contributed by atoms with E-state index < -0.39 is 0 Å². The predicted octanol–water partition coefficient (Wildman–Crippen LogP) is 4.92. The minimum Gasteiger partial charge on any atom is -0.486 e. The molecule has 0 unspecified atom stereocenters. The topological polar surface area (TPSA) is 22.1 Å². The number of pyridine rings is 1. The zero-order valence-corrected chi connectivity index (χ0v) is 13.3. The number of benzene rings is 1. The van der Waals surface area contributed by atoms with Crippen LogP contribution in [0.4, 0.5) is 0 Å². The summed E-state index contributed by atoms with van der Waals surface area (Å²) in [6, 6.07) is 9.67. The number of aromatic nitrogens is 1. The first kappa shape index (κ1) is 13.8. The molecule has 0 saturated heterocycles. The standard InChI is InChI=1S/C13H10Br2ClNO/c14-10-2-3-11(17-7-10)8-18-13-4-1-9(6-16)5-12(13)15/h1-5,7H,6,8H2. The normalized spacial score (nSPS) is 10.4. The van der Waals surface area contributed by atoms with Crippen LogP contribution in [0.25, 0.3) is 0 Å². The number of halogens is 3. The molecule has 0 atom stereocenters. The van der Waals surface area contributed by atoms with Gasteiger partial charge in [-0.05, 0) is 61.7 Å². The maximum Gasteiger partial charge on any atom is 0.134 e. The third-order valence-electron chi connectivity index (χ3n) is 2.31. The van der Waals surface area contributed by atoms with E-state index in [-0.39, 0.29) is 0 Å². The van der Waals surface area contributed by atoms with Crippen LogP contribution in [0, 0.1) is 0 Å². The highest BCUT2D eigenvalue weighted by molar-refractivity contribution is 9.10. The molecule has 0 aliphatic carbocycles. The zero-order chi connectivity index (χ0) is 13.0. The molecular weight excluding hydrogens is 381 g/mol. The summed E-state index contributed by atoms with van der Waals surface area (Å²) in [6.45, 7) is 0.437. The Bertz CT molecular complexity index is 531. The lowest BCUT2D eigenvalue weighted by Gasteiger charge is -2.08. The van der Waals surface area contributed by atoms with Gasteiger partial charge in [-0.1, -0.05) is 6.07 Å². The molecule has 94 valence electrons. The Labute approximate surface area is 128 Å². The van der Waals surface area contributed by atoms with Gasteiger partial charge in [-0.2, -0.15) is 0 Å². The van der Waals surface area contributed by atoms with Crippen LogP contribution in [0.2, 0.25) is 0 Å². The van der Waals surface area contributed by atoms with Gasteiger partial charge in [-0.15, -0.1) is 11.6 Å². The SMILES string of the molecule is ClCc1ccc(OCc2ccc(Br)cn2)c(Br)c1. The van der Waals surface area contributed by atoms with Gasteiger partial charge in [0.15, 0.2) is 0 Å². The first-order valence-electron chi connectivity index (χ1n) is 5.26. The molecule has 2 rings (SSSR count). The van der Waals surface area contributed by atoms with Crippen LogP contribution in [-0.2, 0) is 12.5 Å². The van der Waals surface area contributed by atoms with E-state index in [2.05, 4.69) is 36.8 Å². The molecule has 0 aliphatic heterocycles. The van der Waals surface area contributed by atoms with Crippen molar-refractivity contribution in [1.82, 2.24) is 4.98 Å². The monoisotopic (exact) mass is 389 g/mol. The van der Waals surface area contributed by atoms with Gasteiger partial charge < -0.3 is 4.74 Å². The van der Waals surface area contributed by atoms with Gasteiger partial charge in [-0.3, -0.25) is 4.98 Å². The molecule has 0 amide bonds. The summed E-state index contributed by atoms with van der Waals surface area (Å²) >= 11 is 12.6. The molecule has 1 aromatic heterocycles. The number of nitrogens with zero attached hydrogens (tertiary/aromatic N) is 1. The molecule has 0 fully saturated rings. The van der Waals surface area contributed by atoms with E-state index in [4.69, 9.17) is 16.3 Å². The van der Waals surface area contributed by atoms with Gasteiger partial charge >= 0.3 is 0 Å². The maximum atomic E-state index is 5.76. The Balaban J connectivity index is 2.04. The first-order chi connectivity index (χ1) is 8.69. The second-order valence-corrected chi connectivity index (χ2v) is 5.69. The smallest absolute Gasteiger partial charge is 0.134 e. The summed E-state index contributed by atoms with van der Waals surface area (Å²) < 4.78 is 7.55. The fraction of sp³-hybridized carbons (Fsp3) is 0.154. The second kappa shape index (κ2) is 6.55. The second-order valence-electron chi connectivity index (χ2n) is 3.65. The lowest BCUT2D eigenvalue weighted by atomic mass is 10.2. The van der Waals surface area contributed by atoms with Crippen LogP contribution >= 0.6 is 43.5 Å². The minimum absolute atomic E-state index is 0.437.